The van der Waals surface area contributed by atoms with E-state index in [0.717, 1.165) is 49.9 Å². The number of fused-ring (bicyclic) bond motifs is 10. The maximum Gasteiger partial charge on any atom is 0.165 e. The topological polar surface area (TPSA) is 35.1 Å². The largest absolute Gasteiger partial charge is 0.308 e. The highest BCUT2D eigenvalue weighted by Crippen LogP contribution is 2.47. The van der Waals surface area contributed by atoms with Crippen molar-refractivity contribution in [3.05, 3.63) is 158 Å². The normalized spacial score (nSPS) is 12.4. The van der Waals surface area contributed by atoms with Gasteiger partial charge in [0.1, 0.15) is 5.69 Å². The van der Waals surface area contributed by atoms with E-state index < -0.39 is 0 Å². The van der Waals surface area contributed by atoms with Crippen LogP contribution in [0.5, 0.6) is 0 Å². The van der Waals surface area contributed by atoms with Crippen LogP contribution in [-0.2, 0) is 0 Å². The molecule has 0 aliphatic rings. The van der Waals surface area contributed by atoms with E-state index in [1.54, 1.807) is 0 Å². The van der Waals surface area contributed by atoms with Crippen LogP contribution in [0.25, 0.3) is 110 Å². The van der Waals surface area contributed by atoms with Crippen molar-refractivity contribution in [1.82, 2.24) is 18.9 Å². The minimum absolute atomic E-state index is 0.828. The molecule has 0 aliphatic heterocycles. The van der Waals surface area contributed by atoms with Gasteiger partial charge in [0.05, 0.1) is 38.6 Å². The van der Waals surface area contributed by atoms with Crippen molar-refractivity contribution >= 4 is 92.5 Å². The summed E-state index contributed by atoms with van der Waals surface area (Å²) in [6.45, 7) is 0. The predicted octanol–water partition coefficient (Wildman–Crippen LogP) is 11.9. The maximum absolute atomic E-state index is 5.54. The second kappa shape index (κ2) is 9.43. The lowest BCUT2D eigenvalue weighted by molar-refractivity contribution is 1.08. The van der Waals surface area contributed by atoms with Gasteiger partial charge in [-0.25, -0.2) is 9.97 Å². The van der Waals surface area contributed by atoms with Gasteiger partial charge in [-0.1, -0.05) is 127 Å². The zero-order valence-electron chi connectivity index (χ0n) is 26.8. The molecule has 4 heterocycles. The number of nitrogens with zero attached hydrogens (tertiary/aromatic N) is 4. The van der Waals surface area contributed by atoms with Crippen molar-refractivity contribution in [2.75, 3.05) is 0 Å². The summed E-state index contributed by atoms with van der Waals surface area (Å²) < 4.78 is 4.88. The van der Waals surface area contributed by atoms with E-state index in [4.69, 9.17) is 9.97 Å². The number of hydrogen-bond acceptors (Lipinski definition) is 2. The van der Waals surface area contributed by atoms with Crippen LogP contribution in [-0.4, -0.2) is 18.9 Å². The van der Waals surface area contributed by atoms with Crippen LogP contribution in [0.4, 0.5) is 0 Å². The molecule has 0 aliphatic carbocycles. The molecule has 0 saturated heterocycles. The number of benzene rings is 8. The Morgan fingerprint density at radius 2 is 1.08 bits per heavy atom. The summed E-state index contributed by atoms with van der Waals surface area (Å²) in [5.41, 5.74) is 9.56. The van der Waals surface area contributed by atoms with Gasteiger partial charge in [-0.3, -0.25) is 4.57 Å². The van der Waals surface area contributed by atoms with Crippen molar-refractivity contribution in [2.45, 2.75) is 0 Å². The lowest BCUT2D eigenvalue weighted by atomic mass is 9.97. The fourth-order valence-electron chi connectivity index (χ4n) is 8.75. The monoisotopic (exact) mass is 634 g/mol. The molecule has 4 aromatic heterocycles. The highest BCUT2D eigenvalue weighted by atomic mass is 15.1. The van der Waals surface area contributed by atoms with Gasteiger partial charge in [-0.2, -0.15) is 0 Å². The molecule has 4 nitrogen and oxygen atoms in total. The highest BCUT2D eigenvalue weighted by Gasteiger charge is 2.25. The van der Waals surface area contributed by atoms with E-state index in [1.165, 1.54) is 59.6 Å². The summed E-state index contributed by atoms with van der Waals surface area (Å²) in [7, 11) is 0. The maximum atomic E-state index is 5.54. The smallest absolute Gasteiger partial charge is 0.165 e. The quantitative estimate of drug-likeness (QED) is 0.177. The van der Waals surface area contributed by atoms with Crippen molar-refractivity contribution < 1.29 is 0 Å². The third-order valence-corrected chi connectivity index (χ3v) is 10.8. The van der Waals surface area contributed by atoms with E-state index in [-0.39, 0.29) is 0 Å². The van der Waals surface area contributed by atoms with Gasteiger partial charge >= 0.3 is 0 Å². The number of hydrogen-bond donors (Lipinski definition) is 0. The van der Waals surface area contributed by atoms with Crippen molar-refractivity contribution in [3.8, 4) is 17.1 Å². The molecule has 0 N–H and O–H groups in total. The average molecular weight is 635 g/mol. The van der Waals surface area contributed by atoms with Crippen LogP contribution >= 0.6 is 0 Å². The van der Waals surface area contributed by atoms with Gasteiger partial charge in [0.15, 0.2) is 5.82 Å². The summed E-state index contributed by atoms with van der Waals surface area (Å²) in [5.74, 6) is 0.828. The molecule has 12 aromatic rings. The zero-order valence-corrected chi connectivity index (χ0v) is 26.8. The fraction of sp³-hybridized carbons (Fsp3) is 0. The number of para-hydroxylation sites is 2. The Bertz CT molecular complexity index is 3370. The third-order valence-electron chi connectivity index (χ3n) is 10.8. The first-order valence-corrected chi connectivity index (χ1v) is 17.1. The Morgan fingerprint density at radius 1 is 0.400 bits per heavy atom. The van der Waals surface area contributed by atoms with Crippen LogP contribution in [0.2, 0.25) is 0 Å². The first kappa shape index (κ1) is 26.2. The van der Waals surface area contributed by atoms with Crippen LogP contribution in [0.3, 0.4) is 0 Å². The number of rotatable bonds is 2. The SMILES string of the molecule is c1ccc(-c2nc3c(ccc4ccccc43)nc2-n2c3cc4ccccc4c4c5cccc6c7ccccc7n(c7cccc2c7c43)c65)cc1. The lowest BCUT2D eigenvalue weighted by Crippen LogP contribution is -2.04. The molecule has 12 rings (SSSR count). The molecule has 0 fully saturated rings. The lowest BCUT2D eigenvalue weighted by Gasteiger charge is -2.15. The van der Waals surface area contributed by atoms with E-state index in [2.05, 4.69) is 167 Å². The van der Waals surface area contributed by atoms with Crippen LogP contribution in [0.15, 0.2) is 158 Å². The Labute approximate surface area is 285 Å². The van der Waals surface area contributed by atoms with Crippen LogP contribution < -0.4 is 0 Å². The third kappa shape index (κ3) is 3.25. The fourth-order valence-corrected chi connectivity index (χ4v) is 8.75. The van der Waals surface area contributed by atoms with Crippen molar-refractivity contribution in [1.29, 1.82) is 0 Å². The summed E-state index contributed by atoms with van der Waals surface area (Å²) in [5, 5.41) is 12.2. The molecular weight excluding hydrogens is 609 g/mol. The average Bonchev–Trinajstić information content (AvgIpc) is 3.65. The van der Waals surface area contributed by atoms with Gasteiger partial charge in [0.25, 0.3) is 0 Å². The second-order valence-corrected chi connectivity index (χ2v) is 13.3. The first-order valence-electron chi connectivity index (χ1n) is 17.1. The zero-order chi connectivity index (χ0) is 32.5. The standard InChI is InChI=1S/C46H26N4/c1-2-13-28(14-3-1)43-46(47-35-25-24-27-12-4-7-17-31(27)44(35)48-43)50-38-23-11-22-37-41(38)42-39(50)26-29-15-5-6-16-30(29)40(42)34-20-10-19-33-32-18-8-9-21-36(32)49(37)45(33)34/h1-26H. The van der Waals surface area contributed by atoms with Gasteiger partial charge in [-0.15, -0.1) is 0 Å². The molecule has 0 bridgehead atoms. The van der Waals surface area contributed by atoms with Gasteiger partial charge in [-0.05, 0) is 46.5 Å². The molecule has 0 spiro atoms. The molecule has 230 valence electrons. The second-order valence-electron chi connectivity index (χ2n) is 13.3. The number of aromatic nitrogens is 4. The summed E-state index contributed by atoms with van der Waals surface area (Å²) in [4.78, 5) is 11.0. The van der Waals surface area contributed by atoms with E-state index in [9.17, 15) is 0 Å². The predicted molar refractivity (Wildman–Crippen MR) is 209 cm³/mol. The first-order chi connectivity index (χ1) is 24.8. The Kier molecular flexibility index (Phi) is 4.94. The van der Waals surface area contributed by atoms with Crippen molar-refractivity contribution in [3.63, 3.8) is 0 Å². The molecule has 0 amide bonds. The summed E-state index contributed by atoms with van der Waals surface area (Å²) in [6.07, 6.45) is 0. The summed E-state index contributed by atoms with van der Waals surface area (Å²) in [6, 6.07) is 56.8. The molecule has 0 atom stereocenters. The molecule has 8 aromatic carbocycles. The van der Waals surface area contributed by atoms with Gasteiger partial charge in [0.2, 0.25) is 0 Å². The highest BCUT2D eigenvalue weighted by molar-refractivity contribution is 6.36. The molecule has 50 heavy (non-hydrogen) atoms. The molecule has 4 heteroatoms. The van der Waals surface area contributed by atoms with Gasteiger partial charge < -0.3 is 4.40 Å². The van der Waals surface area contributed by atoms with E-state index in [1.807, 2.05) is 0 Å². The van der Waals surface area contributed by atoms with Crippen LogP contribution in [0, 0.1) is 0 Å². The van der Waals surface area contributed by atoms with E-state index in [0.29, 0.717) is 0 Å². The van der Waals surface area contributed by atoms with Crippen LogP contribution in [0.1, 0.15) is 0 Å². The molecular formula is C46H26N4. The minimum atomic E-state index is 0.828. The molecule has 0 unspecified atom stereocenters. The minimum Gasteiger partial charge on any atom is -0.308 e. The summed E-state index contributed by atoms with van der Waals surface area (Å²) >= 11 is 0. The Balaban J connectivity index is 1.37. The molecule has 0 radical (unpaired) electrons. The Hall–Kier alpha value is -6.78. The molecule has 0 saturated carbocycles. The van der Waals surface area contributed by atoms with Gasteiger partial charge in [0, 0.05) is 43.3 Å². The Morgan fingerprint density at radius 3 is 1.98 bits per heavy atom. The van der Waals surface area contributed by atoms with E-state index >= 15 is 0 Å². The van der Waals surface area contributed by atoms with Crippen molar-refractivity contribution in [2.24, 2.45) is 0 Å².